The van der Waals surface area contributed by atoms with Gasteiger partial charge in [0.25, 0.3) is 0 Å². The van der Waals surface area contributed by atoms with Crippen LogP contribution in [-0.4, -0.2) is 4.57 Å². The number of allylic oxidation sites excluding steroid dienone is 4. The molecule has 43 heavy (non-hydrogen) atoms. The second-order valence-electron chi connectivity index (χ2n) is 12.8. The zero-order chi connectivity index (χ0) is 29.3. The Hall–Kier alpha value is -4.82. The summed E-state index contributed by atoms with van der Waals surface area (Å²) in [6, 6.07) is 40.4. The normalized spacial score (nSPS) is 15.3. The van der Waals surface area contributed by atoms with Gasteiger partial charge in [-0.3, -0.25) is 0 Å². The van der Waals surface area contributed by atoms with E-state index >= 15 is 0 Å². The van der Waals surface area contributed by atoms with Gasteiger partial charge in [0.1, 0.15) is 0 Å². The SMILES string of the molecule is Cc1cc(C)cc(N(c2ccc(-c3ccccc3)cc2)c2ccc3c(c2)c2cccc4c2n3C2=C(CCC=C2)C4(C)C)c1. The lowest BCUT2D eigenvalue weighted by Gasteiger charge is -2.37. The molecular formula is C41H36N2. The summed E-state index contributed by atoms with van der Waals surface area (Å²) in [5.74, 6) is 0. The molecule has 8 rings (SSSR count). The third kappa shape index (κ3) is 4.01. The van der Waals surface area contributed by atoms with Gasteiger partial charge in [0.05, 0.1) is 11.0 Å². The van der Waals surface area contributed by atoms with Crippen LogP contribution in [0, 0.1) is 13.8 Å². The molecule has 0 radical (unpaired) electrons. The molecule has 0 saturated carbocycles. The Morgan fingerprint density at radius 3 is 2.14 bits per heavy atom. The Morgan fingerprint density at radius 1 is 0.651 bits per heavy atom. The number of aryl methyl sites for hydroxylation is 2. The van der Waals surface area contributed by atoms with Gasteiger partial charge < -0.3 is 9.47 Å². The number of para-hydroxylation sites is 1. The van der Waals surface area contributed by atoms with Gasteiger partial charge in [-0.05, 0) is 109 Å². The van der Waals surface area contributed by atoms with Crippen molar-refractivity contribution in [3.8, 4) is 11.1 Å². The molecule has 2 heterocycles. The summed E-state index contributed by atoms with van der Waals surface area (Å²) < 4.78 is 2.54. The molecule has 6 aromatic rings. The molecule has 0 bridgehead atoms. The van der Waals surface area contributed by atoms with Crippen molar-refractivity contribution in [2.24, 2.45) is 0 Å². The summed E-state index contributed by atoms with van der Waals surface area (Å²) in [5.41, 5.74) is 15.5. The van der Waals surface area contributed by atoms with E-state index in [1.165, 1.54) is 66.7 Å². The van der Waals surface area contributed by atoms with Crippen molar-refractivity contribution in [2.45, 2.75) is 46.0 Å². The molecule has 0 saturated heterocycles. The number of benzene rings is 5. The zero-order valence-electron chi connectivity index (χ0n) is 25.4. The van der Waals surface area contributed by atoms with E-state index in [4.69, 9.17) is 0 Å². The van der Waals surface area contributed by atoms with Crippen LogP contribution >= 0.6 is 0 Å². The summed E-state index contributed by atoms with van der Waals surface area (Å²) in [5, 5.41) is 2.63. The van der Waals surface area contributed by atoms with Crippen LogP contribution in [0.4, 0.5) is 17.1 Å². The fraction of sp³-hybridized carbons (Fsp3) is 0.171. The van der Waals surface area contributed by atoms with Crippen molar-refractivity contribution in [3.05, 3.63) is 144 Å². The summed E-state index contributed by atoms with van der Waals surface area (Å²) in [4.78, 5) is 2.41. The molecule has 2 nitrogen and oxygen atoms in total. The van der Waals surface area contributed by atoms with Crippen molar-refractivity contribution < 1.29 is 0 Å². The number of fused-ring (bicyclic) bond motifs is 4. The first-order chi connectivity index (χ1) is 20.9. The van der Waals surface area contributed by atoms with Gasteiger partial charge in [-0.15, -0.1) is 0 Å². The van der Waals surface area contributed by atoms with Gasteiger partial charge in [-0.1, -0.05) is 86.7 Å². The van der Waals surface area contributed by atoms with Crippen LogP contribution in [0.25, 0.3) is 38.6 Å². The second-order valence-corrected chi connectivity index (χ2v) is 12.8. The van der Waals surface area contributed by atoms with E-state index < -0.39 is 0 Å². The molecule has 0 amide bonds. The first-order valence-corrected chi connectivity index (χ1v) is 15.4. The Morgan fingerprint density at radius 2 is 1.37 bits per heavy atom. The van der Waals surface area contributed by atoms with E-state index in [1.54, 1.807) is 5.57 Å². The third-order valence-corrected chi connectivity index (χ3v) is 9.54. The highest BCUT2D eigenvalue weighted by molar-refractivity contribution is 6.14. The Labute approximate surface area is 254 Å². The summed E-state index contributed by atoms with van der Waals surface area (Å²) >= 11 is 0. The molecular weight excluding hydrogens is 520 g/mol. The van der Waals surface area contributed by atoms with E-state index in [2.05, 4.69) is 159 Å². The lowest BCUT2D eigenvalue weighted by Crippen LogP contribution is -2.28. The van der Waals surface area contributed by atoms with E-state index in [9.17, 15) is 0 Å². The third-order valence-electron chi connectivity index (χ3n) is 9.54. The molecule has 0 unspecified atom stereocenters. The minimum Gasteiger partial charge on any atom is -0.310 e. The van der Waals surface area contributed by atoms with E-state index in [1.807, 2.05) is 0 Å². The highest BCUT2D eigenvalue weighted by Gasteiger charge is 2.36. The Bertz CT molecular complexity index is 2080. The van der Waals surface area contributed by atoms with Gasteiger partial charge in [-0.25, -0.2) is 0 Å². The van der Waals surface area contributed by atoms with E-state index in [0.717, 1.165) is 18.5 Å². The standard InChI is InChI=1S/C41H36N2/c1-27-23-28(2)25-33(24-27)42(31-19-17-30(18-20-31)29-11-6-5-7-12-29)32-21-22-38-35(26-32)34-13-10-15-37-40(34)43(38)39-16-9-8-14-36(39)41(37,3)4/h5-7,9-13,15-26H,8,14H2,1-4H3. The molecule has 0 fully saturated rings. The number of hydrogen-bond donors (Lipinski definition) is 0. The van der Waals surface area contributed by atoms with Crippen LogP contribution in [-0.2, 0) is 5.41 Å². The van der Waals surface area contributed by atoms with Gasteiger partial charge in [0, 0.05) is 38.9 Å². The van der Waals surface area contributed by atoms with Crippen molar-refractivity contribution in [3.63, 3.8) is 0 Å². The molecule has 1 aliphatic heterocycles. The van der Waals surface area contributed by atoms with Crippen molar-refractivity contribution in [2.75, 3.05) is 4.90 Å². The summed E-state index contributed by atoms with van der Waals surface area (Å²) in [7, 11) is 0. The first-order valence-electron chi connectivity index (χ1n) is 15.4. The van der Waals surface area contributed by atoms with Crippen LogP contribution in [0.5, 0.6) is 0 Å². The highest BCUT2D eigenvalue weighted by Crippen LogP contribution is 2.50. The number of anilines is 3. The highest BCUT2D eigenvalue weighted by atomic mass is 15.1. The minimum atomic E-state index is 0.0123. The monoisotopic (exact) mass is 556 g/mol. The molecule has 2 aliphatic rings. The molecule has 1 aromatic heterocycles. The molecule has 2 heteroatoms. The lowest BCUT2D eigenvalue weighted by molar-refractivity contribution is 0.585. The van der Waals surface area contributed by atoms with Gasteiger partial charge in [0.2, 0.25) is 0 Å². The quantitative estimate of drug-likeness (QED) is 0.210. The number of hydrogen-bond acceptors (Lipinski definition) is 1. The molecule has 5 aromatic carbocycles. The number of rotatable bonds is 4. The predicted octanol–water partition coefficient (Wildman–Crippen LogP) is 11.4. The van der Waals surface area contributed by atoms with Crippen molar-refractivity contribution >= 4 is 44.6 Å². The average Bonchev–Trinajstić information content (AvgIpc) is 3.35. The predicted molar refractivity (Wildman–Crippen MR) is 184 cm³/mol. The maximum absolute atomic E-state index is 2.54. The maximum Gasteiger partial charge on any atom is 0.0581 e. The number of nitrogens with zero attached hydrogens (tertiary/aromatic N) is 2. The van der Waals surface area contributed by atoms with Gasteiger partial charge >= 0.3 is 0 Å². The minimum absolute atomic E-state index is 0.0123. The van der Waals surface area contributed by atoms with Crippen LogP contribution in [0.2, 0.25) is 0 Å². The molecule has 210 valence electrons. The van der Waals surface area contributed by atoms with Crippen LogP contribution in [0.1, 0.15) is 43.4 Å². The smallest absolute Gasteiger partial charge is 0.0581 e. The maximum atomic E-state index is 2.54. The van der Waals surface area contributed by atoms with Crippen molar-refractivity contribution in [1.29, 1.82) is 0 Å². The lowest BCUT2D eigenvalue weighted by atomic mass is 9.71. The van der Waals surface area contributed by atoms with E-state index in [0.29, 0.717) is 0 Å². The number of aromatic nitrogens is 1. The molecule has 1 aliphatic carbocycles. The summed E-state index contributed by atoms with van der Waals surface area (Å²) in [6.07, 6.45) is 6.94. The fourth-order valence-electron chi connectivity index (χ4n) is 7.57. The molecule has 0 N–H and O–H groups in total. The zero-order valence-corrected chi connectivity index (χ0v) is 25.4. The first kappa shape index (κ1) is 25.9. The van der Waals surface area contributed by atoms with Gasteiger partial charge in [-0.2, -0.15) is 0 Å². The largest absolute Gasteiger partial charge is 0.310 e. The Balaban J connectivity index is 1.35. The van der Waals surface area contributed by atoms with Crippen LogP contribution in [0.3, 0.4) is 0 Å². The summed E-state index contributed by atoms with van der Waals surface area (Å²) in [6.45, 7) is 9.19. The van der Waals surface area contributed by atoms with Crippen LogP contribution in [0.15, 0.2) is 127 Å². The Kier molecular flexibility index (Phi) is 5.78. The van der Waals surface area contributed by atoms with E-state index in [-0.39, 0.29) is 5.41 Å². The fourth-order valence-corrected chi connectivity index (χ4v) is 7.57. The van der Waals surface area contributed by atoms with Crippen molar-refractivity contribution in [1.82, 2.24) is 4.57 Å². The van der Waals surface area contributed by atoms with Gasteiger partial charge in [0.15, 0.2) is 0 Å². The topological polar surface area (TPSA) is 8.17 Å². The molecule has 0 spiro atoms. The second kappa shape index (κ2) is 9.61. The van der Waals surface area contributed by atoms with Crippen LogP contribution < -0.4 is 4.90 Å². The average molecular weight is 557 g/mol. The molecule has 0 atom stereocenters.